The quantitative estimate of drug-likeness (QED) is 0.609. The summed E-state index contributed by atoms with van der Waals surface area (Å²) in [7, 11) is 0. The van der Waals surface area contributed by atoms with Crippen molar-refractivity contribution in [3.8, 4) is 0 Å². The molecule has 0 saturated carbocycles. The Morgan fingerprint density at radius 1 is 1.26 bits per heavy atom. The fourth-order valence-corrected chi connectivity index (χ4v) is 4.06. The number of carbonyl (C=O) groups is 1. The zero-order chi connectivity index (χ0) is 24.9. The molecule has 7 heteroatoms. The van der Waals surface area contributed by atoms with Gasteiger partial charge in [-0.25, -0.2) is 4.98 Å². The van der Waals surface area contributed by atoms with E-state index in [1.807, 2.05) is 64.4 Å². The van der Waals surface area contributed by atoms with Crippen LogP contribution in [0.1, 0.15) is 70.7 Å². The maximum atomic E-state index is 12.2. The van der Waals surface area contributed by atoms with Gasteiger partial charge in [-0.3, -0.25) is 9.79 Å². The molecule has 1 atom stereocenters. The second-order valence-electron chi connectivity index (χ2n) is 8.71. The molecule has 4 rings (SSSR count). The summed E-state index contributed by atoms with van der Waals surface area (Å²) < 4.78 is 1.68. The fraction of sp³-hybridized carbons (Fsp3) is 0.407. The Bertz CT molecular complexity index is 1200. The van der Waals surface area contributed by atoms with E-state index in [-0.39, 0.29) is 17.2 Å². The molecule has 0 aliphatic carbocycles. The molecular weight excluding hydrogens is 424 g/mol. The van der Waals surface area contributed by atoms with E-state index in [1.54, 1.807) is 9.42 Å². The SMILES string of the molecule is C/C=C\C=C/C(C)(C)C1=CC=CC(c2cnn3c(N)c4c(nc23)CN(C(=O)CC)C4)C=N1.CC. The molecule has 2 aromatic rings. The molecule has 180 valence electrons. The minimum Gasteiger partial charge on any atom is -0.383 e. The molecule has 0 radical (unpaired) electrons. The first-order valence-corrected chi connectivity index (χ1v) is 12.0. The molecule has 7 nitrogen and oxygen atoms in total. The highest BCUT2D eigenvalue weighted by molar-refractivity contribution is 5.78. The summed E-state index contributed by atoms with van der Waals surface area (Å²) in [6.45, 7) is 13.1. The Morgan fingerprint density at radius 2 is 2.03 bits per heavy atom. The van der Waals surface area contributed by atoms with Crippen LogP contribution in [0.5, 0.6) is 0 Å². The number of anilines is 1. The molecule has 2 N–H and O–H groups in total. The Hall–Kier alpha value is -3.48. The molecule has 4 heterocycles. The molecule has 0 aromatic carbocycles. The molecule has 2 aliphatic rings. The summed E-state index contributed by atoms with van der Waals surface area (Å²) in [5.41, 5.74) is 10.6. The van der Waals surface area contributed by atoms with Crippen molar-refractivity contribution in [3.05, 3.63) is 71.2 Å². The van der Waals surface area contributed by atoms with Crippen LogP contribution in [-0.4, -0.2) is 31.6 Å². The second-order valence-corrected chi connectivity index (χ2v) is 8.71. The molecule has 0 saturated heterocycles. The van der Waals surface area contributed by atoms with E-state index < -0.39 is 0 Å². The van der Waals surface area contributed by atoms with E-state index in [2.05, 4.69) is 37.2 Å². The Balaban J connectivity index is 0.00000158. The van der Waals surface area contributed by atoms with Crippen LogP contribution in [0.4, 0.5) is 5.82 Å². The standard InChI is InChI=1S/C25H30N6O.C2H6/c1-5-7-8-12-25(3,4)21-11-9-10-17(13-27-21)18-14-28-31-23(26)19-15-30(22(32)6-2)16-20(19)29-24(18)31;1-2/h5,7-14,17H,6,15-16,26H2,1-4H3;1-2H3/b7-5-,12-8-;. The Morgan fingerprint density at radius 3 is 2.74 bits per heavy atom. The lowest BCUT2D eigenvalue weighted by Crippen LogP contribution is -2.24. The lowest BCUT2D eigenvalue weighted by molar-refractivity contribution is -0.131. The zero-order valence-corrected chi connectivity index (χ0v) is 21.1. The van der Waals surface area contributed by atoms with Crippen molar-refractivity contribution in [2.24, 2.45) is 10.4 Å². The molecule has 0 spiro atoms. The van der Waals surface area contributed by atoms with Gasteiger partial charge in [0.2, 0.25) is 5.91 Å². The van der Waals surface area contributed by atoms with Crippen LogP contribution in [0.3, 0.4) is 0 Å². The van der Waals surface area contributed by atoms with Gasteiger partial charge in [-0.15, -0.1) is 0 Å². The predicted molar refractivity (Wildman–Crippen MR) is 139 cm³/mol. The molecule has 34 heavy (non-hydrogen) atoms. The normalized spacial score (nSPS) is 17.8. The summed E-state index contributed by atoms with van der Waals surface area (Å²) in [6, 6.07) is 0. The first-order valence-electron chi connectivity index (χ1n) is 12.0. The zero-order valence-electron chi connectivity index (χ0n) is 21.1. The number of aliphatic imine (C=N–C) groups is 1. The number of nitrogens with two attached hydrogens (primary N) is 1. The van der Waals surface area contributed by atoms with Crippen molar-refractivity contribution in [3.63, 3.8) is 0 Å². The monoisotopic (exact) mass is 460 g/mol. The smallest absolute Gasteiger partial charge is 0.222 e. The van der Waals surface area contributed by atoms with Crippen LogP contribution in [0.15, 0.2) is 59.4 Å². The fourth-order valence-electron chi connectivity index (χ4n) is 4.06. The van der Waals surface area contributed by atoms with Crippen molar-refractivity contribution in [2.45, 2.75) is 67.0 Å². The van der Waals surface area contributed by atoms with E-state index in [0.717, 1.165) is 22.5 Å². The minimum absolute atomic E-state index is 0.0729. The number of rotatable bonds is 5. The van der Waals surface area contributed by atoms with Crippen molar-refractivity contribution in [1.29, 1.82) is 0 Å². The minimum atomic E-state index is -0.199. The van der Waals surface area contributed by atoms with Crippen LogP contribution < -0.4 is 5.73 Å². The molecule has 1 amide bonds. The van der Waals surface area contributed by atoms with E-state index >= 15 is 0 Å². The Labute approximate surface area is 202 Å². The highest BCUT2D eigenvalue weighted by atomic mass is 16.2. The highest BCUT2D eigenvalue weighted by Crippen LogP contribution is 2.33. The van der Waals surface area contributed by atoms with Gasteiger partial charge in [-0.2, -0.15) is 9.61 Å². The average Bonchev–Trinajstić information content (AvgIpc) is 3.37. The number of amides is 1. The van der Waals surface area contributed by atoms with Gasteiger partial charge < -0.3 is 10.6 Å². The van der Waals surface area contributed by atoms with E-state index in [0.29, 0.717) is 31.0 Å². The third-order valence-corrected chi connectivity index (χ3v) is 6.02. The average molecular weight is 461 g/mol. The van der Waals surface area contributed by atoms with Gasteiger partial charge in [-0.05, 0) is 13.0 Å². The molecule has 2 aliphatic heterocycles. The first-order chi connectivity index (χ1) is 16.4. The topological polar surface area (TPSA) is 88.9 Å². The number of hydrogen-bond acceptors (Lipinski definition) is 5. The number of nitrogen functional groups attached to an aromatic ring is 1. The number of fused-ring (bicyclic) bond motifs is 2. The van der Waals surface area contributed by atoms with Crippen molar-refractivity contribution < 1.29 is 4.79 Å². The lowest BCUT2D eigenvalue weighted by atomic mass is 9.88. The molecule has 1 unspecified atom stereocenters. The van der Waals surface area contributed by atoms with Crippen LogP contribution >= 0.6 is 0 Å². The molecule has 0 bridgehead atoms. The maximum absolute atomic E-state index is 12.2. The first kappa shape index (κ1) is 25.1. The van der Waals surface area contributed by atoms with E-state index in [9.17, 15) is 4.79 Å². The van der Waals surface area contributed by atoms with Gasteiger partial charge in [0.15, 0.2) is 5.65 Å². The van der Waals surface area contributed by atoms with E-state index in [4.69, 9.17) is 15.7 Å². The summed E-state index contributed by atoms with van der Waals surface area (Å²) in [4.78, 5) is 23.6. The third kappa shape index (κ3) is 4.88. The largest absolute Gasteiger partial charge is 0.383 e. The van der Waals surface area contributed by atoms with Crippen LogP contribution in [0.25, 0.3) is 5.65 Å². The summed E-state index contributed by atoms with van der Waals surface area (Å²) in [5.74, 6) is 0.575. The predicted octanol–water partition coefficient (Wildman–Crippen LogP) is 5.36. The molecule has 0 fully saturated rings. The number of aromatic nitrogens is 3. The number of allylic oxidation sites excluding steroid dienone is 7. The summed E-state index contributed by atoms with van der Waals surface area (Å²) in [5, 5.41) is 4.50. The van der Waals surface area contributed by atoms with Gasteiger partial charge in [0.1, 0.15) is 5.82 Å². The molecular formula is C27H36N6O. The van der Waals surface area contributed by atoms with Gasteiger partial charge in [-0.1, -0.05) is 71.1 Å². The summed E-state index contributed by atoms with van der Waals surface area (Å²) >= 11 is 0. The number of hydrogen-bond donors (Lipinski definition) is 1. The van der Waals surface area contributed by atoms with Gasteiger partial charge in [0.25, 0.3) is 0 Å². The van der Waals surface area contributed by atoms with Crippen molar-refractivity contribution >= 4 is 23.6 Å². The van der Waals surface area contributed by atoms with Crippen LogP contribution in [-0.2, 0) is 17.9 Å². The number of carbonyl (C=O) groups excluding carboxylic acids is 1. The molecule has 2 aromatic heterocycles. The number of nitrogens with zero attached hydrogens (tertiary/aromatic N) is 5. The highest BCUT2D eigenvalue weighted by Gasteiger charge is 2.29. The summed E-state index contributed by atoms with van der Waals surface area (Å²) in [6.07, 6.45) is 18.6. The van der Waals surface area contributed by atoms with Crippen molar-refractivity contribution in [1.82, 2.24) is 19.5 Å². The maximum Gasteiger partial charge on any atom is 0.222 e. The Kier molecular flexibility index (Phi) is 7.87. The van der Waals surface area contributed by atoms with Crippen LogP contribution in [0.2, 0.25) is 0 Å². The van der Waals surface area contributed by atoms with Crippen LogP contribution in [0, 0.1) is 5.41 Å². The third-order valence-electron chi connectivity index (χ3n) is 6.02. The van der Waals surface area contributed by atoms with Gasteiger partial charge >= 0.3 is 0 Å². The van der Waals surface area contributed by atoms with E-state index in [1.165, 1.54) is 0 Å². The van der Waals surface area contributed by atoms with Crippen molar-refractivity contribution in [2.75, 3.05) is 5.73 Å². The van der Waals surface area contributed by atoms with Gasteiger partial charge in [0, 0.05) is 40.8 Å². The lowest BCUT2D eigenvalue weighted by Gasteiger charge is -2.20. The van der Waals surface area contributed by atoms with Gasteiger partial charge in [0.05, 0.1) is 25.0 Å². The second kappa shape index (κ2) is 10.6.